The number of benzene rings is 1. The van der Waals surface area contributed by atoms with E-state index in [1.54, 1.807) is 6.07 Å². The zero-order valence-electron chi connectivity index (χ0n) is 13.2. The van der Waals surface area contributed by atoms with Gasteiger partial charge in [-0.25, -0.2) is 4.39 Å². The summed E-state index contributed by atoms with van der Waals surface area (Å²) in [6.45, 7) is 5.15. The number of halogens is 1. The molecule has 4 heteroatoms. The Bertz CT molecular complexity index is 452. The van der Waals surface area contributed by atoms with Crippen molar-refractivity contribution in [1.82, 2.24) is 5.32 Å². The van der Waals surface area contributed by atoms with Crippen LogP contribution in [0, 0.1) is 5.82 Å². The van der Waals surface area contributed by atoms with Gasteiger partial charge in [0.1, 0.15) is 0 Å². The molecule has 2 rings (SSSR count). The second kappa shape index (κ2) is 7.76. The van der Waals surface area contributed by atoms with Crippen LogP contribution in [0.5, 0.6) is 5.75 Å². The zero-order valence-corrected chi connectivity index (χ0v) is 13.2. The molecule has 1 saturated heterocycles. The normalized spacial score (nSPS) is 23.2. The Morgan fingerprint density at radius 2 is 2.24 bits per heavy atom. The van der Waals surface area contributed by atoms with Gasteiger partial charge in [-0.05, 0) is 50.8 Å². The first-order valence-corrected chi connectivity index (χ1v) is 7.86. The van der Waals surface area contributed by atoms with Crippen LogP contribution in [0.15, 0.2) is 18.2 Å². The minimum Gasteiger partial charge on any atom is -0.494 e. The van der Waals surface area contributed by atoms with Gasteiger partial charge in [0.25, 0.3) is 0 Å². The molecule has 1 fully saturated rings. The fourth-order valence-electron chi connectivity index (χ4n) is 2.90. The van der Waals surface area contributed by atoms with Gasteiger partial charge in [0.05, 0.1) is 19.3 Å². The molecule has 1 aliphatic heterocycles. The Labute approximate surface area is 126 Å². The number of ether oxygens (including phenoxy) is 2. The quantitative estimate of drug-likeness (QED) is 0.837. The van der Waals surface area contributed by atoms with E-state index in [0.717, 1.165) is 25.8 Å². The van der Waals surface area contributed by atoms with E-state index >= 15 is 0 Å². The number of rotatable bonds is 7. The van der Waals surface area contributed by atoms with Gasteiger partial charge >= 0.3 is 0 Å². The van der Waals surface area contributed by atoms with Crippen molar-refractivity contribution in [2.24, 2.45) is 0 Å². The molecule has 1 aliphatic rings. The molecule has 1 aromatic rings. The van der Waals surface area contributed by atoms with Gasteiger partial charge in [0, 0.05) is 6.04 Å². The average molecular weight is 295 g/mol. The molecule has 1 heterocycles. The van der Waals surface area contributed by atoms with E-state index in [1.807, 2.05) is 12.1 Å². The van der Waals surface area contributed by atoms with Crippen LogP contribution in [0.1, 0.15) is 38.7 Å². The number of hydrogen-bond donors (Lipinski definition) is 1. The van der Waals surface area contributed by atoms with Crippen molar-refractivity contribution in [2.45, 2.75) is 57.8 Å². The van der Waals surface area contributed by atoms with Gasteiger partial charge in [-0.15, -0.1) is 0 Å². The standard InChI is InChI=1S/C17H26FNO2/c1-4-10-19-14(15-9-8-12(2)21-15)11-13-6-5-7-16(20-3)17(13)18/h5-7,12,14-15,19H,4,8-11H2,1-3H3. The van der Waals surface area contributed by atoms with Crippen LogP contribution in [0.4, 0.5) is 4.39 Å². The predicted molar refractivity (Wildman–Crippen MR) is 82.3 cm³/mol. The van der Waals surface area contributed by atoms with E-state index in [9.17, 15) is 4.39 Å². The molecule has 3 nitrogen and oxygen atoms in total. The van der Waals surface area contributed by atoms with Crippen molar-refractivity contribution in [3.05, 3.63) is 29.6 Å². The topological polar surface area (TPSA) is 30.5 Å². The van der Waals surface area contributed by atoms with Gasteiger partial charge in [-0.1, -0.05) is 19.1 Å². The lowest BCUT2D eigenvalue weighted by molar-refractivity contribution is 0.0319. The number of methoxy groups -OCH3 is 1. The summed E-state index contributed by atoms with van der Waals surface area (Å²) in [4.78, 5) is 0. The Hall–Kier alpha value is -1.13. The molecule has 118 valence electrons. The van der Waals surface area contributed by atoms with Crippen LogP contribution in [-0.4, -0.2) is 31.9 Å². The largest absolute Gasteiger partial charge is 0.494 e. The Balaban J connectivity index is 2.10. The van der Waals surface area contributed by atoms with Crippen molar-refractivity contribution in [2.75, 3.05) is 13.7 Å². The van der Waals surface area contributed by atoms with Crippen LogP contribution in [0.25, 0.3) is 0 Å². The molecule has 0 bridgehead atoms. The van der Waals surface area contributed by atoms with E-state index in [4.69, 9.17) is 9.47 Å². The molecular formula is C17H26FNO2. The average Bonchev–Trinajstić information content (AvgIpc) is 2.91. The van der Waals surface area contributed by atoms with E-state index in [0.29, 0.717) is 23.8 Å². The van der Waals surface area contributed by atoms with Crippen LogP contribution in [0.2, 0.25) is 0 Å². The highest BCUT2D eigenvalue weighted by molar-refractivity contribution is 5.31. The molecule has 1 N–H and O–H groups in total. The van der Waals surface area contributed by atoms with E-state index < -0.39 is 0 Å². The maximum Gasteiger partial charge on any atom is 0.168 e. The first kappa shape index (κ1) is 16.2. The van der Waals surface area contributed by atoms with E-state index in [2.05, 4.69) is 19.2 Å². The van der Waals surface area contributed by atoms with Gasteiger partial charge in [0.15, 0.2) is 11.6 Å². The van der Waals surface area contributed by atoms with Crippen molar-refractivity contribution >= 4 is 0 Å². The lowest BCUT2D eigenvalue weighted by Crippen LogP contribution is -2.42. The summed E-state index contributed by atoms with van der Waals surface area (Å²) in [5, 5.41) is 3.51. The minimum absolute atomic E-state index is 0.150. The van der Waals surface area contributed by atoms with Crippen LogP contribution in [-0.2, 0) is 11.2 Å². The Morgan fingerprint density at radius 1 is 1.43 bits per heavy atom. The Kier molecular flexibility index (Phi) is 6.00. The van der Waals surface area contributed by atoms with Gasteiger partial charge in [-0.2, -0.15) is 0 Å². The maximum absolute atomic E-state index is 14.3. The molecule has 0 radical (unpaired) electrons. The highest BCUT2D eigenvalue weighted by Gasteiger charge is 2.30. The molecule has 1 aromatic carbocycles. The summed E-state index contributed by atoms with van der Waals surface area (Å²) >= 11 is 0. The maximum atomic E-state index is 14.3. The molecule has 3 atom stereocenters. The first-order valence-electron chi connectivity index (χ1n) is 7.86. The summed E-state index contributed by atoms with van der Waals surface area (Å²) in [6.07, 6.45) is 4.26. The van der Waals surface area contributed by atoms with Crippen LogP contribution >= 0.6 is 0 Å². The van der Waals surface area contributed by atoms with Crippen molar-refractivity contribution < 1.29 is 13.9 Å². The molecule has 0 aliphatic carbocycles. The molecule has 0 aromatic heterocycles. The molecule has 21 heavy (non-hydrogen) atoms. The second-order valence-corrected chi connectivity index (χ2v) is 5.76. The van der Waals surface area contributed by atoms with Gasteiger partial charge in [-0.3, -0.25) is 0 Å². The SMILES string of the molecule is CCCNC(Cc1cccc(OC)c1F)C1CCC(C)O1. The zero-order chi connectivity index (χ0) is 15.2. The number of nitrogens with one attached hydrogen (secondary N) is 1. The third-order valence-corrected chi connectivity index (χ3v) is 4.07. The Morgan fingerprint density at radius 3 is 2.86 bits per heavy atom. The highest BCUT2D eigenvalue weighted by atomic mass is 19.1. The monoisotopic (exact) mass is 295 g/mol. The van der Waals surface area contributed by atoms with Crippen molar-refractivity contribution in [1.29, 1.82) is 0 Å². The summed E-state index contributed by atoms with van der Waals surface area (Å²) in [5.74, 6) is 0.0526. The summed E-state index contributed by atoms with van der Waals surface area (Å²) in [7, 11) is 1.50. The molecule has 3 unspecified atom stereocenters. The van der Waals surface area contributed by atoms with Crippen LogP contribution < -0.4 is 10.1 Å². The number of hydrogen-bond acceptors (Lipinski definition) is 3. The predicted octanol–water partition coefficient (Wildman–Crippen LogP) is 3.31. The fourth-order valence-corrected chi connectivity index (χ4v) is 2.90. The third-order valence-electron chi connectivity index (χ3n) is 4.07. The van der Waals surface area contributed by atoms with E-state index in [-0.39, 0.29) is 18.0 Å². The fraction of sp³-hybridized carbons (Fsp3) is 0.647. The molecule has 0 amide bonds. The summed E-state index contributed by atoms with van der Waals surface area (Å²) < 4.78 is 25.4. The highest BCUT2D eigenvalue weighted by Crippen LogP contribution is 2.26. The van der Waals surface area contributed by atoms with Gasteiger partial charge < -0.3 is 14.8 Å². The van der Waals surface area contributed by atoms with Crippen LogP contribution in [0.3, 0.4) is 0 Å². The third kappa shape index (κ3) is 4.17. The molecule has 0 spiro atoms. The van der Waals surface area contributed by atoms with Crippen molar-refractivity contribution in [3.8, 4) is 5.75 Å². The molecule has 0 saturated carbocycles. The van der Waals surface area contributed by atoms with Crippen molar-refractivity contribution in [3.63, 3.8) is 0 Å². The first-order chi connectivity index (χ1) is 10.2. The lowest BCUT2D eigenvalue weighted by Gasteiger charge is -2.25. The van der Waals surface area contributed by atoms with E-state index in [1.165, 1.54) is 7.11 Å². The smallest absolute Gasteiger partial charge is 0.168 e. The summed E-state index contributed by atoms with van der Waals surface area (Å²) in [6, 6.07) is 5.47. The minimum atomic E-state index is -0.255. The molecular weight excluding hydrogens is 269 g/mol. The second-order valence-electron chi connectivity index (χ2n) is 5.76. The summed E-state index contributed by atoms with van der Waals surface area (Å²) in [5.41, 5.74) is 0.686. The van der Waals surface area contributed by atoms with Gasteiger partial charge in [0.2, 0.25) is 0 Å². The lowest BCUT2D eigenvalue weighted by atomic mass is 9.98.